The van der Waals surface area contributed by atoms with E-state index in [-0.39, 0.29) is 11.5 Å². The molecule has 0 unspecified atom stereocenters. The number of nitrogens with zero attached hydrogens (tertiary/aromatic N) is 1. The monoisotopic (exact) mass is 239 g/mol. The first-order valence-electron chi connectivity index (χ1n) is 5.30. The molecule has 0 aromatic heterocycles. The van der Waals surface area contributed by atoms with Crippen LogP contribution in [0.5, 0.6) is 0 Å². The van der Waals surface area contributed by atoms with Gasteiger partial charge in [-0.25, -0.2) is 8.42 Å². The molecule has 0 saturated carbocycles. The van der Waals surface area contributed by atoms with Gasteiger partial charge in [-0.3, -0.25) is 0 Å². The first kappa shape index (κ1) is 13.3. The van der Waals surface area contributed by atoms with E-state index in [0.29, 0.717) is 6.54 Å². The lowest BCUT2D eigenvalue weighted by Gasteiger charge is -2.10. The Labute approximate surface area is 98.8 Å². The predicted molar refractivity (Wildman–Crippen MR) is 70.7 cm³/mol. The Bertz CT molecular complexity index is 426. The van der Waals surface area contributed by atoms with Crippen molar-refractivity contribution in [1.82, 2.24) is 4.90 Å². The molecule has 1 aromatic rings. The zero-order valence-electron chi connectivity index (χ0n) is 10.1. The summed E-state index contributed by atoms with van der Waals surface area (Å²) in [6.45, 7) is 0.578. The summed E-state index contributed by atoms with van der Waals surface area (Å²) in [6.07, 6.45) is 0. The highest BCUT2D eigenvalue weighted by atomic mass is 32.2. The van der Waals surface area contributed by atoms with Crippen LogP contribution in [0.1, 0.15) is 5.56 Å². The van der Waals surface area contributed by atoms with Gasteiger partial charge in [-0.05, 0) is 19.7 Å². The molecule has 0 bridgehead atoms. The second kappa shape index (κ2) is 5.50. The van der Waals surface area contributed by atoms with E-state index in [2.05, 4.69) is 0 Å². The molecular formula is C11H18BNO2S. The molecule has 1 rings (SSSR count). The SMILES string of the molecule is Bc1ccc(CS(=O)(=O)CCN(C)C)cc1. The van der Waals surface area contributed by atoms with E-state index < -0.39 is 9.84 Å². The summed E-state index contributed by atoms with van der Waals surface area (Å²) < 4.78 is 23.5. The minimum Gasteiger partial charge on any atom is -0.308 e. The molecule has 3 nitrogen and oxygen atoms in total. The Kier molecular flexibility index (Phi) is 4.56. The van der Waals surface area contributed by atoms with E-state index in [1.165, 1.54) is 0 Å². The molecule has 0 N–H and O–H groups in total. The van der Waals surface area contributed by atoms with Crippen molar-refractivity contribution < 1.29 is 8.42 Å². The van der Waals surface area contributed by atoms with Crippen molar-refractivity contribution in [1.29, 1.82) is 0 Å². The smallest absolute Gasteiger partial charge is 0.155 e. The van der Waals surface area contributed by atoms with E-state index in [4.69, 9.17) is 0 Å². The Morgan fingerprint density at radius 2 is 1.75 bits per heavy atom. The summed E-state index contributed by atoms with van der Waals surface area (Å²) in [5.74, 6) is 0.356. The summed E-state index contributed by atoms with van der Waals surface area (Å²) in [7, 11) is 2.76. The molecule has 0 spiro atoms. The van der Waals surface area contributed by atoms with E-state index >= 15 is 0 Å². The molecule has 0 aliphatic heterocycles. The van der Waals surface area contributed by atoms with Crippen molar-refractivity contribution in [2.45, 2.75) is 5.75 Å². The van der Waals surface area contributed by atoms with E-state index in [0.717, 1.165) is 11.0 Å². The lowest BCUT2D eigenvalue weighted by Crippen LogP contribution is -2.22. The summed E-state index contributed by atoms with van der Waals surface area (Å²) in [6, 6.07) is 7.64. The van der Waals surface area contributed by atoms with Gasteiger partial charge < -0.3 is 4.90 Å². The summed E-state index contributed by atoms with van der Waals surface area (Å²) in [5.41, 5.74) is 2.01. The van der Waals surface area contributed by atoms with Crippen molar-refractivity contribution in [3.05, 3.63) is 29.8 Å². The van der Waals surface area contributed by atoms with Crippen LogP contribution in [-0.2, 0) is 15.6 Å². The predicted octanol–water partition coefficient (Wildman–Crippen LogP) is -0.579. The molecule has 0 saturated heterocycles. The average molecular weight is 239 g/mol. The highest BCUT2D eigenvalue weighted by Crippen LogP contribution is 2.05. The van der Waals surface area contributed by atoms with Crippen molar-refractivity contribution in [3.8, 4) is 0 Å². The molecule has 0 heterocycles. The molecular weight excluding hydrogens is 221 g/mol. The van der Waals surface area contributed by atoms with Gasteiger partial charge in [0.1, 0.15) is 7.85 Å². The third-order valence-corrected chi connectivity index (χ3v) is 3.93. The fourth-order valence-corrected chi connectivity index (χ4v) is 2.82. The van der Waals surface area contributed by atoms with Crippen LogP contribution in [0.15, 0.2) is 24.3 Å². The van der Waals surface area contributed by atoms with Gasteiger partial charge in [0.25, 0.3) is 0 Å². The van der Waals surface area contributed by atoms with Crippen LogP contribution in [-0.4, -0.2) is 47.6 Å². The molecule has 0 fully saturated rings. The zero-order chi connectivity index (χ0) is 12.2. The molecule has 88 valence electrons. The Hall–Kier alpha value is -0.805. The summed E-state index contributed by atoms with van der Waals surface area (Å²) in [4.78, 5) is 1.88. The van der Waals surface area contributed by atoms with Crippen LogP contribution in [0.4, 0.5) is 0 Å². The third kappa shape index (κ3) is 4.81. The maximum absolute atomic E-state index is 11.8. The van der Waals surface area contributed by atoms with Crippen LogP contribution in [0.2, 0.25) is 0 Å². The summed E-state index contributed by atoms with van der Waals surface area (Å²) in [5, 5.41) is 0. The topological polar surface area (TPSA) is 37.4 Å². The fraction of sp³-hybridized carbons (Fsp3) is 0.455. The second-order valence-corrected chi connectivity index (χ2v) is 6.56. The van der Waals surface area contributed by atoms with Gasteiger partial charge in [-0.1, -0.05) is 29.7 Å². The first-order chi connectivity index (χ1) is 7.39. The molecule has 1 aromatic carbocycles. The van der Waals surface area contributed by atoms with Crippen LogP contribution in [0, 0.1) is 0 Å². The Balaban J connectivity index is 2.62. The van der Waals surface area contributed by atoms with Gasteiger partial charge in [-0.15, -0.1) is 0 Å². The Morgan fingerprint density at radius 1 is 1.19 bits per heavy atom. The molecule has 0 aliphatic carbocycles. The van der Waals surface area contributed by atoms with Gasteiger partial charge in [0.2, 0.25) is 0 Å². The zero-order valence-corrected chi connectivity index (χ0v) is 10.9. The normalized spacial score (nSPS) is 11.9. The average Bonchev–Trinajstić information content (AvgIpc) is 2.19. The van der Waals surface area contributed by atoms with E-state index in [9.17, 15) is 8.42 Å². The van der Waals surface area contributed by atoms with Gasteiger partial charge >= 0.3 is 0 Å². The minimum absolute atomic E-state index is 0.140. The fourth-order valence-electron chi connectivity index (χ4n) is 1.33. The van der Waals surface area contributed by atoms with Crippen LogP contribution >= 0.6 is 0 Å². The molecule has 0 amide bonds. The highest BCUT2D eigenvalue weighted by molar-refractivity contribution is 7.90. The van der Waals surface area contributed by atoms with Crippen molar-refractivity contribution in [2.75, 3.05) is 26.4 Å². The largest absolute Gasteiger partial charge is 0.308 e. The number of hydrogen-bond donors (Lipinski definition) is 0. The number of sulfone groups is 1. The molecule has 0 atom stereocenters. The van der Waals surface area contributed by atoms with Crippen LogP contribution in [0.25, 0.3) is 0 Å². The van der Waals surface area contributed by atoms with Crippen molar-refractivity contribution in [2.24, 2.45) is 0 Å². The number of benzene rings is 1. The van der Waals surface area contributed by atoms with E-state index in [1.54, 1.807) is 0 Å². The maximum atomic E-state index is 11.8. The molecule has 0 radical (unpaired) electrons. The highest BCUT2D eigenvalue weighted by Gasteiger charge is 2.11. The van der Waals surface area contributed by atoms with Crippen molar-refractivity contribution in [3.63, 3.8) is 0 Å². The minimum atomic E-state index is -2.98. The quantitative estimate of drug-likeness (QED) is 0.645. The lowest BCUT2D eigenvalue weighted by molar-refractivity contribution is 0.432. The Morgan fingerprint density at radius 3 is 2.25 bits per heavy atom. The van der Waals surface area contributed by atoms with E-state index in [1.807, 2.05) is 51.1 Å². The van der Waals surface area contributed by atoms with Crippen molar-refractivity contribution >= 4 is 23.1 Å². The van der Waals surface area contributed by atoms with Crippen LogP contribution in [0.3, 0.4) is 0 Å². The van der Waals surface area contributed by atoms with Gasteiger partial charge in [0.05, 0.1) is 11.5 Å². The standard InChI is InChI=1S/C11H18BNO2S/c1-13(2)7-8-16(14,15)9-10-3-5-11(12)6-4-10/h3-6H,7-9,12H2,1-2H3. The second-order valence-electron chi connectivity index (χ2n) is 4.38. The lowest BCUT2D eigenvalue weighted by atomic mass is 9.96. The third-order valence-electron chi connectivity index (χ3n) is 2.36. The molecule has 16 heavy (non-hydrogen) atoms. The number of hydrogen-bond acceptors (Lipinski definition) is 3. The van der Waals surface area contributed by atoms with Gasteiger partial charge in [0, 0.05) is 6.54 Å². The number of rotatable bonds is 5. The molecule has 0 aliphatic rings. The van der Waals surface area contributed by atoms with Gasteiger partial charge in [0.15, 0.2) is 9.84 Å². The first-order valence-corrected chi connectivity index (χ1v) is 7.12. The van der Waals surface area contributed by atoms with Crippen LogP contribution < -0.4 is 5.46 Å². The summed E-state index contributed by atoms with van der Waals surface area (Å²) >= 11 is 0. The maximum Gasteiger partial charge on any atom is 0.155 e. The molecule has 5 heteroatoms. The van der Waals surface area contributed by atoms with Gasteiger partial charge in [-0.2, -0.15) is 0 Å².